The van der Waals surface area contributed by atoms with Crippen LogP contribution in [0.15, 0.2) is 30.5 Å². The average Bonchev–Trinajstić information content (AvgIpc) is 2.46. The highest BCUT2D eigenvalue weighted by molar-refractivity contribution is 5.96. The van der Waals surface area contributed by atoms with Crippen molar-refractivity contribution in [1.29, 1.82) is 0 Å². The summed E-state index contributed by atoms with van der Waals surface area (Å²) in [4.78, 5) is 14.7. The Morgan fingerprint density at radius 3 is 2.80 bits per heavy atom. The molecular formula is C14H17N3O3. The highest BCUT2D eigenvalue weighted by Gasteiger charge is 2.22. The number of rotatable bonds is 5. The van der Waals surface area contributed by atoms with Crippen LogP contribution < -0.4 is 5.32 Å². The second-order valence-corrected chi connectivity index (χ2v) is 4.99. The second kappa shape index (κ2) is 5.42. The van der Waals surface area contributed by atoms with E-state index in [-0.39, 0.29) is 12.3 Å². The van der Waals surface area contributed by atoms with E-state index in [9.17, 15) is 15.2 Å². The summed E-state index contributed by atoms with van der Waals surface area (Å²) in [5, 5.41) is 24.4. The van der Waals surface area contributed by atoms with Crippen molar-refractivity contribution < 1.29 is 10.0 Å². The monoisotopic (exact) mass is 275 g/mol. The van der Waals surface area contributed by atoms with Crippen LogP contribution in [-0.2, 0) is 0 Å². The first-order chi connectivity index (χ1) is 9.50. The maximum atomic E-state index is 11.0. The van der Waals surface area contributed by atoms with Gasteiger partial charge >= 0.3 is 0 Å². The number of benzene rings is 1. The van der Waals surface area contributed by atoms with Gasteiger partial charge in [0.15, 0.2) is 0 Å². The van der Waals surface area contributed by atoms with Gasteiger partial charge in [0, 0.05) is 23.3 Å². The molecule has 1 aromatic carbocycles. The lowest BCUT2D eigenvalue weighted by Gasteiger charge is -2.29. The fourth-order valence-electron chi connectivity index (χ4n) is 1.98. The van der Waals surface area contributed by atoms with E-state index in [1.54, 1.807) is 18.2 Å². The molecule has 6 nitrogen and oxygen atoms in total. The molecule has 106 valence electrons. The number of para-hydroxylation sites is 1. The SMILES string of the molecule is CCC(C)(CO)Nc1ccnc2c([N+](=O)[O-])cccc12. The lowest BCUT2D eigenvalue weighted by molar-refractivity contribution is -0.383. The Hall–Kier alpha value is -2.21. The molecule has 0 radical (unpaired) electrons. The third-order valence-corrected chi connectivity index (χ3v) is 3.51. The van der Waals surface area contributed by atoms with Gasteiger partial charge in [-0.3, -0.25) is 10.1 Å². The predicted molar refractivity (Wildman–Crippen MR) is 77.8 cm³/mol. The van der Waals surface area contributed by atoms with Gasteiger partial charge in [-0.05, 0) is 19.4 Å². The first kappa shape index (κ1) is 14.2. The van der Waals surface area contributed by atoms with Gasteiger partial charge in [0.1, 0.15) is 5.52 Å². The van der Waals surface area contributed by atoms with Crippen molar-refractivity contribution in [3.05, 3.63) is 40.6 Å². The molecule has 20 heavy (non-hydrogen) atoms. The minimum Gasteiger partial charge on any atom is -0.394 e. The number of pyridine rings is 1. The Morgan fingerprint density at radius 2 is 2.20 bits per heavy atom. The highest BCUT2D eigenvalue weighted by atomic mass is 16.6. The number of hydrogen-bond acceptors (Lipinski definition) is 5. The number of nitro benzene ring substituents is 1. The number of nitrogens with one attached hydrogen (secondary N) is 1. The van der Waals surface area contributed by atoms with E-state index < -0.39 is 10.5 Å². The van der Waals surface area contributed by atoms with Crippen molar-refractivity contribution in [1.82, 2.24) is 4.98 Å². The van der Waals surface area contributed by atoms with Gasteiger partial charge in [-0.2, -0.15) is 0 Å². The van der Waals surface area contributed by atoms with E-state index in [0.717, 1.165) is 12.1 Å². The third kappa shape index (κ3) is 2.55. The van der Waals surface area contributed by atoms with Crippen LogP contribution in [0.4, 0.5) is 11.4 Å². The fourth-order valence-corrected chi connectivity index (χ4v) is 1.98. The number of nitro groups is 1. The fraction of sp³-hybridized carbons (Fsp3) is 0.357. The van der Waals surface area contributed by atoms with Crippen LogP contribution in [0, 0.1) is 10.1 Å². The highest BCUT2D eigenvalue weighted by Crippen LogP contribution is 2.30. The number of aliphatic hydroxyl groups is 1. The van der Waals surface area contributed by atoms with E-state index in [1.165, 1.54) is 12.3 Å². The second-order valence-electron chi connectivity index (χ2n) is 4.99. The van der Waals surface area contributed by atoms with Crippen LogP contribution in [-0.4, -0.2) is 27.2 Å². The zero-order valence-corrected chi connectivity index (χ0v) is 11.5. The Morgan fingerprint density at radius 1 is 1.45 bits per heavy atom. The quantitative estimate of drug-likeness (QED) is 0.647. The van der Waals surface area contributed by atoms with Gasteiger partial charge in [0.05, 0.1) is 17.1 Å². The van der Waals surface area contributed by atoms with Gasteiger partial charge in [-0.1, -0.05) is 19.1 Å². The molecule has 1 heterocycles. The molecule has 0 aliphatic heterocycles. The molecule has 0 aliphatic carbocycles. The van der Waals surface area contributed by atoms with E-state index in [2.05, 4.69) is 10.3 Å². The molecule has 0 spiro atoms. The molecule has 1 unspecified atom stereocenters. The summed E-state index contributed by atoms with van der Waals surface area (Å²) in [5.41, 5.74) is 0.586. The van der Waals surface area contributed by atoms with E-state index in [0.29, 0.717) is 10.9 Å². The standard InChI is InChI=1S/C14H17N3O3/c1-3-14(2,9-18)16-11-7-8-15-13-10(11)5-4-6-12(13)17(19)20/h4-8,18H,3,9H2,1-2H3,(H,15,16). The van der Waals surface area contributed by atoms with Crippen molar-refractivity contribution in [3.63, 3.8) is 0 Å². The Labute approximate surface area is 116 Å². The summed E-state index contributed by atoms with van der Waals surface area (Å²) in [6.07, 6.45) is 2.26. The topological polar surface area (TPSA) is 88.3 Å². The molecule has 1 atom stereocenters. The van der Waals surface area contributed by atoms with Crippen LogP contribution in [0.2, 0.25) is 0 Å². The summed E-state index contributed by atoms with van der Waals surface area (Å²) in [7, 11) is 0. The smallest absolute Gasteiger partial charge is 0.295 e. The molecule has 0 amide bonds. The molecule has 6 heteroatoms. The molecule has 0 saturated carbocycles. The first-order valence-corrected chi connectivity index (χ1v) is 6.42. The zero-order chi connectivity index (χ0) is 14.8. The lowest BCUT2D eigenvalue weighted by atomic mass is 9.99. The molecule has 2 N–H and O–H groups in total. The number of nitrogens with zero attached hydrogens (tertiary/aromatic N) is 2. The first-order valence-electron chi connectivity index (χ1n) is 6.42. The van der Waals surface area contributed by atoms with Crippen molar-refractivity contribution in [3.8, 4) is 0 Å². The summed E-state index contributed by atoms with van der Waals surface area (Å²) in [6.45, 7) is 3.84. The summed E-state index contributed by atoms with van der Waals surface area (Å²) < 4.78 is 0. The maximum Gasteiger partial charge on any atom is 0.295 e. The van der Waals surface area contributed by atoms with E-state index in [4.69, 9.17) is 0 Å². The third-order valence-electron chi connectivity index (χ3n) is 3.51. The van der Waals surface area contributed by atoms with Gasteiger partial charge in [-0.25, -0.2) is 4.98 Å². The molecule has 2 aromatic rings. The Kier molecular flexibility index (Phi) is 3.85. The average molecular weight is 275 g/mol. The van der Waals surface area contributed by atoms with Crippen LogP contribution in [0.3, 0.4) is 0 Å². The molecule has 0 aliphatic rings. The van der Waals surface area contributed by atoms with Crippen LogP contribution in [0.1, 0.15) is 20.3 Å². The molecule has 0 bridgehead atoms. The number of anilines is 1. The molecule has 2 rings (SSSR count). The summed E-state index contributed by atoms with van der Waals surface area (Å²) in [6, 6.07) is 6.61. The number of hydrogen-bond donors (Lipinski definition) is 2. The minimum atomic E-state index is -0.473. The number of aliphatic hydroxyl groups excluding tert-OH is 1. The summed E-state index contributed by atoms with van der Waals surface area (Å²) >= 11 is 0. The van der Waals surface area contributed by atoms with E-state index in [1.807, 2.05) is 13.8 Å². The lowest BCUT2D eigenvalue weighted by Crippen LogP contribution is -2.38. The number of fused-ring (bicyclic) bond motifs is 1. The van der Waals surface area contributed by atoms with Gasteiger partial charge < -0.3 is 10.4 Å². The molecule has 0 fully saturated rings. The number of non-ortho nitro benzene ring substituents is 1. The Bertz CT molecular complexity index is 639. The maximum absolute atomic E-state index is 11.0. The van der Waals surface area contributed by atoms with Gasteiger partial charge in [0.2, 0.25) is 0 Å². The number of aromatic nitrogens is 1. The minimum absolute atomic E-state index is 0.0200. The van der Waals surface area contributed by atoms with Gasteiger partial charge in [0.25, 0.3) is 5.69 Å². The van der Waals surface area contributed by atoms with Crippen molar-refractivity contribution in [2.75, 3.05) is 11.9 Å². The van der Waals surface area contributed by atoms with Crippen LogP contribution in [0.5, 0.6) is 0 Å². The van der Waals surface area contributed by atoms with Crippen molar-refractivity contribution in [2.24, 2.45) is 0 Å². The van der Waals surface area contributed by atoms with Crippen LogP contribution in [0.25, 0.3) is 10.9 Å². The predicted octanol–water partition coefficient (Wildman–Crippen LogP) is 2.72. The zero-order valence-electron chi connectivity index (χ0n) is 11.5. The summed E-state index contributed by atoms with van der Waals surface area (Å²) in [5.74, 6) is 0. The van der Waals surface area contributed by atoms with Crippen LogP contribution >= 0.6 is 0 Å². The molecule has 1 aromatic heterocycles. The largest absolute Gasteiger partial charge is 0.394 e. The van der Waals surface area contributed by atoms with E-state index >= 15 is 0 Å². The van der Waals surface area contributed by atoms with Crippen molar-refractivity contribution in [2.45, 2.75) is 25.8 Å². The molecular weight excluding hydrogens is 258 g/mol. The molecule has 0 saturated heterocycles. The van der Waals surface area contributed by atoms with Gasteiger partial charge in [-0.15, -0.1) is 0 Å². The van der Waals surface area contributed by atoms with Crippen molar-refractivity contribution >= 4 is 22.3 Å². The Balaban J connectivity index is 2.56. The normalized spacial score (nSPS) is 13.9.